The first kappa shape index (κ1) is 24.3. The monoisotopic (exact) mass is 484 g/mol. The van der Waals surface area contributed by atoms with Gasteiger partial charge < -0.3 is 14.8 Å². The first-order chi connectivity index (χ1) is 16.0. The van der Waals surface area contributed by atoms with E-state index in [1.165, 1.54) is 34.7 Å². The largest absolute Gasteiger partial charge is 0.493 e. The van der Waals surface area contributed by atoms with E-state index in [9.17, 15) is 9.59 Å². The Morgan fingerprint density at radius 1 is 1.03 bits per heavy atom. The van der Waals surface area contributed by atoms with Crippen LogP contribution in [-0.2, 0) is 16.0 Å². The van der Waals surface area contributed by atoms with E-state index in [4.69, 9.17) is 9.47 Å². The van der Waals surface area contributed by atoms with E-state index in [1.807, 2.05) is 30.3 Å². The van der Waals surface area contributed by atoms with Crippen LogP contribution in [0.25, 0.3) is 6.08 Å². The summed E-state index contributed by atoms with van der Waals surface area (Å²) in [4.78, 5) is 24.4. The molecule has 2 amide bonds. The highest BCUT2D eigenvalue weighted by atomic mass is 32.2. The number of anilines is 2. The van der Waals surface area contributed by atoms with E-state index in [0.29, 0.717) is 21.0 Å². The van der Waals surface area contributed by atoms with E-state index in [-0.39, 0.29) is 17.6 Å². The van der Waals surface area contributed by atoms with Crippen molar-refractivity contribution >= 4 is 51.8 Å². The second kappa shape index (κ2) is 12.0. The molecule has 0 aliphatic carbocycles. The van der Waals surface area contributed by atoms with Crippen molar-refractivity contribution < 1.29 is 19.1 Å². The Morgan fingerprint density at radius 2 is 1.79 bits per heavy atom. The van der Waals surface area contributed by atoms with E-state index < -0.39 is 0 Å². The van der Waals surface area contributed by atoms with Crippen LogP contribution in [0, 0.1) is 0 Å². The van der Waals surface area contributed by atoms with Crippen molar-refractivity contribution in [2.45, 2.75) is 17.7 Å². The number of aryl methyl sites for hydroxylation is 1. The molecule has 33 heavy (non-hydrogen) atoms. The van der Waals surface area contributed by atoms with Gasteiger partial charge in [0.2, 0.25) is 16.9 Å². The highest BCUT2D eigenvalue weighted by Gasteiger charge is 2.10. The van der Waals surface area contributed by atoms with Gasteiger partial charge in [0.05, 0.1) is 20.0 Å². The lowest BCUT2D eigenvalue weighted by Crippen LogP contribution is -2.13. The van der Waals surface area contributed by atoms with Gasteiger partial charge in [0, 0.05) is 11.8 Å². The van der Waals surface area contributed by atoms with E-state index in [2.05, 4.69) is 27.8 Å². The summed E-state index contributed by atoms with van der Waals surface area (Å²) in [5.74, 6) is 0.902. The molecule has 0 atom stereocenters. The number of thioether (sulfide) groups is 1. The van der Waals surface area contributed by atoms with Gasteiger partial charge in [0.15, 0.2) is 15.8 Å². The average molecular weight is 485 g/mol. The lowest BCUT2D eigenvalue weighted by molar-refractivity contribution is -0.114. The smallest absolute Gasteiger partial charge is 0.250 e. The fourth-order valence-corrected chi connectivity index (χ4v) is 4.30. The molecular weight excluding hydrogens is 460 g/mol. The van der Waals surface area contributed by atoms with Crippen LogP contribution < -0.4 is 20.1 Å². The fourth-order valence-electron chi connectivity index (χ4n) is 2.74. The van der Waals surface area contributed by atoms with Crippen molar-refractivity contribution in [2.24, 2.45) is 0 Å². The summed E-state index contributed by atoms with van der Waals surface area (Å²) in [7, 11) is 3.11. The van der Waals surface area contributed by atoms with Crippen LogP contribution in [0.5, 0.6) is 11.5 Å². The molecule has 172 valence electrons. The molecule has 1 heterocycles. The third-order valence-electron chi connectivity index (χ3n) is 4.44. The molecular formula is C23H24N4O4S2. The van der Waals surface area contributed by atoms with Crippen molar-refractivity contribution in [1.29, 1.82) is 0 Å². The van der Waals surface area contributed by atoms with Gasteiger partial charge in [0.25, 0.3) is 0 Å². The minimum atomic E-state index is -0.342. The minimum absolute atomic E-state index is 0.136. The molecule has 0 aliphatic rings. The molecule has 0 saturated carbocycles. The van der Waals surface area contributed by atoms with Crippen molar-refractivity contribution in [3.63, 3.8) is 0 Å². The number of nitrogens with zero attached hydrogens (tertiary/aromatic N) is 2. The summed E-state index contributed by atoms with van der Waals surface area (Å²) in [6.07, 6.45) is 4.00. The molecule has 0 spiro atoms. The Kier molecular flexibility index (Phi) is 8.85. The predicted molar refractivity (Wildman–Crippen MR) is 132 cm³/mol. The Bertz CT molecular complexity index is 1130. The first-order valence-corrected chi connectivity index (χ1v) is 11.9. The zero-order valence-electron chi connectivity index (χ0n) is 18.5. The van der Waals surface area contributed by atoms with Gasteiger partial charge in [-0.2, -0.15) is 0 Å². The lowest BCUT2D eigenvalue weighted by Gasteiger charge is -2.07. The Balaban J connectivity index is 1.48. The molecule has 0 radical (unpaired) electrons. The summed E-state index contributed by atoms with van der Waals surface area (Å²) < 4.78 is 11.0. The van der Waals surface area contributed by atoms with Crippen LogP contribution in [0.4, 0.5) is 10.8 Å². The fraction of sp³-hybridized carbons (Fsp3) is 0.217. The van der Waals surface area contributed by atoms with E-state index >= 15 is 0 Å². The molecule has 1 aromatic heterocycles. The van der Waals surface area contributed by atoms with Crippen molar-refractivity contribution in [2.75, 3.05) is 30.6 Å². The quantitative estimate of drug-likeness (QED) is 0.248. The van der Waals surface area contributed by atoms with Crippen LogP contribution in [0.3, 0.4) is 0 Å². The Labute approximate surface area is 200 Å². The van der Waals surface area contributed by atoms with Gasteiger partial charge in [-0.15, -0.1) is 10.2 Å². The summed E-state index contributed by atoms with van der Waals surface area (Å²) >= 11 is 2.46. The minimum Gasteiger partial charge on any atom is -0.493 e. The third kappa shape index (κ3) is 7.33. The lowest BCUT2D eigenvalue weighted by atomic mass is 10.1. The standard InChI is InChI=1S/C23H24N4O4S2/c1-4-15-5-9-17(10-6-15)24-21(29)14-32-23-27-26-22(33-23)25-20(28)12-8-16-7-11-18(30-2)19(13-16)31-3/h5-13H,4,14H2,1-3H3,(H,24,29)(H,25,26,28)/b12-8+. The van der Waals surface area contributed by atoms with Gasteiger partial charge >= 0.3 is 0 Å². The summed E-state index contributed by atoms with van der Waals surface area (Å²) in [6.45, 7) is 2.08. The topological polar surface area (TPSA) is 102 Å². The average Bonchev–Trinajstić information content (AvgIpc) is 3.28. The van der Waals surface area contributed by atoms with Gasteiger partial charge in [-0.1, -0.05) is 48.2 Å². The Morgan fingerprint density at radius 3 is 2.48 bits per heavy atom. The molecule has 8 nitrogen and oxygen atoms in total. The number of aromatic nitrogens is 2. The first-order valence-electron chi connectivity index (χ1n) is 10.1. The molecule has 0 fully saturated rings. The summed E-state index contributed by atoms with van der Waals surface area (Å²) in [5, 5.41) is 13.8. The van der Waals surface area contributed by atoms with Crippen LogP contribution in [0.15, 0.2) is 52.9 Å². The number of nitrogens with one attached hydrogen (secondary N) is 2. The number of ether oxygens (including phenoxy) is 2. The number of methoxy groups -OCH3 is 2. The van der Waals surface area contributed by atoms with Crippen molar-refractivity contribution in [3.05, 3.63) is 59.7 Å². The molecule has 0 unspecified atom stereocenters. The molecule has 2 aromatic carbocycles. The van der Waals surface area contributed by atoms with Gasteiger partial charge in [0.1, 0.15) is 0 Å². The molecule has 3 rings (SSSR count). The van der Waals surface area contributed by atoms with Crippen LogP contribution >= 0.6 is 23.1 Å². The van der Waals surface area contributed by atoms with Crippen molar-refractivity contribution in [3.8, 4) is 11.5 Å². The van der Waals surface area contributed by atoms with E-state index in [1.54, 1.807) is 32.4 Å². The highest BCUT2D eigenvalue weighted by Crippen LogP contribution is 2.28. The van der Waals surface area contributed by atoms with Crippen LogP contribution in [0.2, 0.25) is 0 Å². The molecule has 10 heteroatoms. The number of carbonyl (C=O) groups is 2. The normalized spacial score (nSPS) is 10.8. The van der Waals surface area contributed by atoms with E-state index in [0.717, 1.165) is 17.7 Å². The van der Waals surface area contributed by atoms with Gasteiger partial charge in [-0.05, 0) is 47.9 Å². The van der Waals surface area contributed by atoms with Crippen LogP contribution in [0.1, 0.15) is 18.1 Å². The number of amides is 2. The number of rotatable bonds is 10. The number of carbonyl (C=O) groups excluding carboxylic acids is 2. The maximum atomic E-state index is 12.2. The highest BCUT2D eigenvalue weighted by molar-refractivity contribution is 8.01. The zero-order chi connectivity index (χ0) is 23.6. The Hall–Kier alpha value is -3.37. The zero-order valence-corrected chi connectivity index (χ0v) is 20.1. The summed E-state index contributed by atoms with van der Waals surface area (Å²) in [5.41, 5.74) is 2.75. The maximum Gasteiger partial charge on any atom is 0.250 e. The van der Waals surface area contributed by atoms with Crippen LogP contribution in [-0.4, -0.2) is 42.0 Å². The van der Waals surface area contributed by atoms with Gasteiger partial charge in [-0.3, -0.25) is 14.9 Å². The second-order valence-corrected chi connectivity index (χ2v) is 8.90. The third-order valence-corrected chi connectivity index (χ3v) is 6.42. The number of benzene rings is 2. The predicted octanol–water partition coefficient (Wildman–Crippen LogP) is 4.50. The molecule has 0 aliphatic heterocycles. The van der Waals surface area contributed by atoms with Crippen molar-refractivity contribution in [1.82, 2.24) is 10.2 Å². The second-order valence-electron chi connectivity index (χ2n) is 6.70. The SMILES string of the molecule is CCc1ccc(NC(=O)CSc2nnc(NC(=O)/C=C/c3ccc(OC)c(OC)c3)s2)cc1. The maximum absolute atomic E-state index is 12.2. The number of hydrogen-bond acceptors (Lipinski definition) is 8. The molecule has 0 bridgehead atoms. The number of hydrogen-bond donors (Lipinski definition) is 2. The summed E-state index contributed by atoms with van der Waals surface area (Å²) in [6, 6.07) is 13.1. The molecule has 3 aromatic rings. The van der Waals surface area contributed by atoms with Gasteiger partial charge in [-0.25, -0.2) is 0 Å². The molecule has 2 N–H and O–H groups in total. The molecule has 0 saturated heterocycles.